The molecule has 0 bridgehead atoms. The van der Waals surface area contributed by atoms with Gasteiger partial charge in [-0.2, -0.15) is 0 Å². The average molecular weight is 817 g/mol. The van der Waals surface area contributed by atoms with E-state index < -0.39 is 37.8 Å². The molecule has 246 valence electrons. The summed E-state index contributed by atoms with van der Waals surface area (Å²) < 4.78 is 10.9. The number of benzene rings is 4. The van der Waals surface area contributed by atoms with E-state index >= 15 is 0 Å². The zero-order chi connectivity index (χ0) is 35.4. The molecule has 47 heavy (non-hydrogen) atoms. The summed E-state index contributed by atoms with van der Waals surface area (Å²) in [4.78, 5) is 47.3. The summed E-state index contributed by atoms with van der Waals surface area (Å²) in [5.41, 5.74) is 10.5. The van der Waals surface area contributed by atoms with Crippen molar-refractivity contribution in [3.8, 4) is 0 Å². The van der Waals surface area contributed by atoms with E-state index in [1.807, 2.05) is 0 Å². The Labute approximate surface area is 311 Å². The Morgan fingerprint density at radius 2 is 0.723 bits per heavy atom. The number of ketones is 2. The van der Waals surface area contributed by atoms with Gasteiger partial charge < -0.3 is 11.5 Å². The normalized spacial score (nSPS) is 10.4. The molecule has 4 aromatic carbocycles. The Morgan fingerprint density at radius 3 is 0.915 bits per heavy atom. The highest BCUT2D eigenvalue weighted by Crippen LogP contribution is 2.33. The first kappa shape index (κ1) is 40.8. The molecule has 7 nitrogen and oxygen atoms in total. The highest BCUT2D eigenvalue weighted by atomic mass is 35.5. The maximum atomic E-state index is 13.0. The number of Topliss-reactive ketones (excluding diaryl/α,β-unsaturated/α-hetero) is 2. The van der Waals surface area contributed by atoms with E-state index in [2.05, 4.69) is 0 Å². The van der Waals surface area contributed by atoms with E-state index in [0.29, 0.717) is 0 Å². The molecule has 16 heteroatoms. The van der Waals surface area contributed by atoms with Crippen LogP contribution in [0.15, 0.2) is 72.8 Å². The van der Waals surface area contributed by atoms with Crippen LogP contribution in [0.3, 0.4) is 0 Å². The van der Waals surface area contributed by atoms with Crippen molar-refractivity contribution in [2.45, 2.75) is 6.42 Å². The summed E-state index contributed by atoms with van der Waals surface area (Å²) in [6.45, 7) is 0. The zero-order valence-corrected chi connectivity index (χ0v) is 30.7. The first-order valence-electron chi connectivity index (χ1n) is 12.9. The van der Waals surface area contributed by atoms with E-state index in [4.69, 9.17) is 104 Å². The van der Waals surface area contributed by atoms with Gasteiger partial charge in [-0.25, -0.2) is 0 Å². The van der Waals surface area contributed by atoms with Gasteiger partial charge in [0.25, 0.3) is 11.8 Å². The quantitative estimate of drug-likeness (QED) is 0.0984. The number of amides is 2. The molecule has 0 saturated carbocycles. The summed E-state index contributed by atoms with van der Waals surface area (Å²) >= 11 is 46.9. The van der Waals surface area contributed by atoms with E-state index in [-0.39, 0.29) is 75.0 Å². The molecule has 0 aliphatic carbocycles. The molecule has 2 amide bonds. The summed E-state index contributed by atoms with van der Waals surface area (Å²) in [5, 5.41) is 1.70. The van der Waals surface area contributed by atoms with Gasteiger partial charge in [0.05, 0.1) is 68.4 Å². The minimum atomic E-state index is -1.13. The van der Waals surface area contributed by atoms with E-state index in [0.717, 1.165) is 0 Å². The second-order valence-electron chi connectivity index (χ2n) is 9.08. The molecule has 4 rings (SSSR count). The molecule has 0 radical (unpaired) electrons. The second-order valence-corrected chi connectivity index (χ2v) is 13.1. The summed E-state index contributed by atoms with van der Waals surface area (Å²) in [6.07, 6.45) is 0.245. The second kappa shape index (κ2) is 19.5. The summed E-state index contributed by atoms with van der Waals surface area (Å²) in [7, 11) is -0.646. The van der Waals surface area contributed by atoms with Crippen LogP contribution in [0, 0.1) is 5.92 Å². The first-order valence-corrected chi connectivity index (χ1v) is 17.1. The average Bonchev–Trinajstić information content (AvgIpc) is 2.97. The Hall–Kier alpha value is -2.42. The van der Waals surface area contributed by atoms with Gasteiger partial charge in [0.1, 0.15) is 6.16 Å². The Balaban J connectivity index is 0.000000287. The Kier molecular flexibility index (Phi) is 16.9. The number of carbonyl (C=O) groups excluding carboxylic acids is 4. The smallest absolute Gasteiger partial charge is 0.324 e. The molecule has 0 spiro atoms. The van der Waals surface area contributed by atoms with Crippen LogP contribution in [0.2, 0.25) is 40.2 Å². The topological polar surface area (TPSA) is 137 Å². The number of nitrogens with two attached hydrogens (primary N) is 2. The maximum absolute atomic E-state index is 13.0. The predicted molar refractivity (Wildman–Crippen MR) is 194 cm³/mol. The third-order valence-corrected chi connectivity index (χ3v) is 9.02. The third-order valence-electron chi connectivity index (χ3n) is 6.00. The van der Waals surface area contributed by atoms with Gasteiger partial charge in [-0.1, -0.05) is 122 Å². The largest absolute Gasteiger partial charge is 0.366 e. The van der Waals surface area contributed by atoms with Crippen LogP contribution in [0.25, 0.3) is 0 Å². The minimum Gasteiger partial charge on any atom is -0.366 e. The van der Waals surface area contributed by atoms with Crippen LogP contribution in [0.5, 0.6) is 0 Å². The van der Waals surface area contributed by atoms with Gasteiger partial charge in [-0.05, 0) is 48.5 Å². The molecule has 0 aliphatic heterocycles. The zero-order valence-electron chi connectivity index (χ0n) is 23.6. The number of primary amides is 2. The van der Waals surface area contributed by atoms with Gasteiger partial charge >= 0.3 is 8.46 Å². The Morgan fingerprint density at radius 1 is 0.489 bits per heavy atom. The molecular formula is C31H22Cl8N2O5P+. The molecule has 0 fully saturated rings. The van der Waals surface area contributed by atoms with Crippen LogP contribution in [0.1, 0.15) is 47.9 Å². The highest BCUT2D eigenvalue weighted by Gasteiger charge is 2.33. The molecular weight excluding hydrogens is 795 g/mol. The number of rotatable bonds is 9. The highest BCUT2D eigenvalue weighted by molar-refractivity contribution is 7.23. The number of hydrogen-bond acceptors (Lipinski definition) is 5. The number of hydrogen-bond donors (Lipinski definition) is 2. The lowest BCUT2D eigenvalue weighted by Gasteiger charge is -2.16. The summed E-state index contributed by atoms with van der Waals surface area (Å²) in [5.74, 6) is -3.44. The number of carbonyl (C=O) groups is 4. The van der Waals surface area contributed by atoms with Gasteiger partial charge in [-0.3, -0.25) is 19.2 Å². The van der Waals surface area contributed by atoms with E-state index in [9.17, 15) is 23.7 Å². The molecule has 1 unspecified atom stereocenters. The van der Waals surface area contributed by atoms with E-state index in [1.165, 1.54) is 24.3 Å². The van der Waals surface area contributed by atoms with Gasteiger partial charge in [0, 0.05) is 6.42 Å². The predicted octanol–water partition coefficient (Wildman–Crippen LogP) is 10.6. The molecule has 4 aromatic rings. The van der Waals surface area contributed by atoms with Gasteiger partial charge in [-0.15, -0.1) is 0 Å². The van der Waals surface area contributed by atoms with Gasteiger partial charge in [0.2, 0.25) is 0 Å². The lowest BCUT2D eigenvalue weighted by atomic mass is 9.88. The summed E-state index contributed by atoms with van der Waals surface area (Å²) in [6, 6.07) is 18.8. The SMILES string of the molecule is NC(=O)c1c(Cl)cccc1Cl.NC(=O)c1c(Cl)cccc1Cl.O=[PH+]CCC(C(=O)c1c(Cl)cccc1Cl)C(=O)c1c(Cl)cccc1Cl. The minimum absolute atomic E-state index is 0.0570. The molecule has 0 aliphatic rings. The van der Waals surface area contributed by atoms with Crippen LogP contribution in [0.4, 0.5) is 0 Å². The maximum Gasteiger partial charge on any atom is 0.324 e. The standard InChI is InChI=1S/C17H11Cl4O3P.2C7H5Cl2NO/c18-10-3-1-4-11(19)14(10)16(22)9(7-8-25-24)17(23)15-12(20)5-2-6-13(15)21;2*8-4-2-1-3-5(9)6(4)7(10)11/h1-6,9H,7-8H2;2*1-3H,(H2,10,11)/p+1. The van der Waals surface area contributed by atoms with Crippen molar-refractivity contribution in [1.29, 1.82) is 0 Å². The third kappa shape index (κ3) is 11.3. The van der Waals surface area contributed by atoms with Crippen molar-refractivity contribution >= 4 is 125 Å². The van der Waals surface area contributed by atoms with Crippen LogP contribution >= 0.6 is 101 Å². The Bertz CT molecular complexity index is 1620. The monoisotopic (exact) mass is 813 g/mol. The van der Waals surface area contributed by atoms with Crippen molar-refractivity contribution in [2.24, 2.45) is 17.4 Å². The molecule has 0 saturated heterocycles. The molecule has 4 N–H and O–H groups in total. The fourth-order valence-corrected chi connectivity index (χ4v) is 6.61. The fraction of sp³-hybridized carbons (Fsp3) is 0.0968. The molecule has 0 heterocycles. The lowest BCUT2D eigenvalue weighted by Crippen LogP contribution is -2.26. The van der Waals surface area contributed by atoms with Crippen molar-refractivity contribution in [3.63, 3.8) is 0 Å². The molecule has 1 atom stereocenters. The van der Waals surface area contributed by atoms with Crippen LogP contribution in [-0.4, -0.2) is 29.5 Å². The van der Waals surface area contributed by atoms with Crippen LogP contribution < -0.4 is 11.5 Å². The van der Waals surface area contributed by atoms with Crippen molar-refractivity contribution in [3.05, 3.63) is 135 Å². The van der Waals surface area contributed by atoms with Crippen LogP contribution in [-0.2, 0) is 4.57 Å². The van der Waals surface area contributed by atoms with Crippen molar-refractivity contribution in [2.75, 3.05) is 6.16 Å². The van der Waals surface area contributed by atoms with E-state index in [1.54, 1.807) is 48.5 Å². The van der Waals surface area contributed by atoms with Crippen molar-refractivity contribution in [1.82, 2.24) is 0 Å². The fourth-order valence-electron chi connectivity index (χ4n) is 3.87. The van der Waals surface area contributed by atoms with Crippen molar-refractivity contribution < 1.29 is 23.7 Å². The number of halogens is 8. The lowest BCUT2D eigenvalue weighted by molar-refractivity contribution is 0.0803. The first-order chi connectivity index (χ1) is 22.1. The van der Waals surface area contributed by atoms with Gasteiger partial charge in [0.15, 0.2) is 11.6 Å². The molecule has 0 aromatic heterocycles.